The van der Waals surface area contributed by atoms with Crippen LogP contribution in [-0.4, -0.2) is 70.8 Å². The van der Waals surface area contributed by atoms with Gasteiger partial charge in [-0.15, -0.1) is 0 Å². The molecule has 0 saturated carbocycles. The van der Waals surface area contributed by atoms with Gasteiger partial charge >= 0.3 is 0 Å². The minimum Gasteiger partial charge on any atom is -0.417 e. The lowest BCUT2D eigenvalue weighted by atomic mass is 9.96. The van der Waals surface area contributed by atoms with Crippen molar-refractivity contribution in [2.45, 2.75) is 102 Å². The van der Waals surface area contributed by atoms with Crippen LogP contribution in [0.5, 0.6) is 0 Å². The molecule has 2 aliphatic heterocycles. The predicted molar refractivity (Wildman–Crippen MR) is 157 cm³/mol. The molecule has 11 heteroatoms. The number of ketones is 1. The third kappa shape index (κ3) is 6.94. The second-order valence-electron chi connectivity index (χ2n) is 11.1. The van der Waals surface area contributed by atoms with Crippen molar-refractivity contribution < 1.29 is 28.8 Å². The molecule has 0 spiro atoms. The van der Waals surface area contributed by atoms with E-state index in [0.717, 1.165) is 19.3 Å². The van der Waals surface area contributed by atoms with Gasteiger partial charge in [0.25, 0.3) is 0 Å². The molecule has 1 aromatic carbocycles. The number of nitrogens with one attached hydrogen (secondary N) is 3. The number of piperidine rings is 1. The van der Waals surface area contributed by atoms with E-state index in [1.807, 2.05) is 31.2 Å². The van der Waals surface area contributed by atoms with Crippen molar-refractivity contribution >= 4 is 40.3 Å². The molecule has 2 fully saturated rings. The molecular weight excluding hydrogens is 538 g/mol. The fraction of sp³-hybridized carbons (Fsp3) is 0.581. The number of Topliss-reactive ketones (excluding diaryl/α,β-unsaturated/α-hetero) is 1. The molecule has 11 nitrogen and oxygen atoms in total. The van der Waals surface area contributed by atoms with E-state index in [2.05, 4.69) is 16.0 Å². The summed E-state index contributed by atoms with van der Waals surface area (Å²) in [6.45, 7) is 4.03. The lowest BCUT2D eigenvalue weighted by Crippen LogP contribution is -2.61. The van der Waals surface area contributed by atoms with Crippen LogP contribution in [0, 0.1) is 0 Å². The number of aromatic nitrogens is 1. The number of fused-ring (bicyclic) bond motifs is 2. The molecule has 0 radical (unpaired) electrons. The molecule has 2 aromatic rings. The maximum absolute atomic E-state index is 14.0. The third-order valence-corrected chi connectivity index (χ3v) is 8.35. The van der Waals surface area contributed by atoms with E-state index < -0.39 is 36.0 Å². The van der Waals surface area contributed by atoms with E-state index in [1.54, 1.807) is 18.0 Å². The molecule has 42 heavy (non-hydrogen) atoms. The summed E-state index contributed by atoms with van der Waals surface area (Å²) in [4.78, 5) is 73.8. The van der Waals surface area contributed by atoms with Crippen molar-refractivity contribution in [3.63, 3.8) is 0 Å². The van der Waals surface area contributed by atoms with Crippen molar-refractivity contribution in [2.75, 3.05) is 13.7 Å². The van der Waals surface area contributed by atoms with Crippen LogP contribution in [-0.2, 0) is 24.0 Å². The Bertz CT molecular complexity index is 1310. The van der Waals surface area contributed by atoms with E-state index in [4.69, 9.17) is 4.84 Å². The molecule has 2 aliphatic rings. The highest BCUT2D eigenvalue weighted by atomic mass is 16.6. The topological polar surface area (TPSA) is 139 Å². The molecular formula is C31H43N5O6. The van der Waals surface area contributed by atoms with Crippen molar-refractivity contribution in [1.29, 1.82) is 0 Å². The standard InChI is InChI=1S/C31H43N5O6/c1-4-20(37)13-7-6-8-15-24-31(41)35-18-12-11-17-26(35)29(39)32-23(5-2)28(38)34-27(30(40)33-24)22-19-36(42-3)25-16-10-9-14-21(22)25/h9-10,14,16,19,23-24,26-27H,4-8,11-13,15,17-18H2,1-3H3,(H,32,39)(H,33,40)(H,34,38)/t23?,24-,26-,27?/m0/s1. The third-order valence-electron chi connectivity index (χ3n) is 8.35. The van der Waals surface area contributed by atoms with E-state index in [0.29, 0.717) is 68.0 Å². The zero-order chi connectivity index (χ0) is 30.2. The van der Waals surface area contributed by atoms with Gasteiger partial charge in [0.1, 0.15) is 37.1 Å². The summed E-state index contributed by atoms with van der Waals surface area (Å²) in [6, 6.07) is 3.77. The molecule has 4 atom stereocenters. The van der Waals surface area contributed by atoms with Crippen LogP contribution < -0.4 is 20.8 Å². The molecule has 2 saturated heterocycles. The number of nitrogens with zero attached hydrogens (tertiary/aromatic N) is 2. The number of rotatable bonds is 10. The van der Waals surface area contributed by atoms with Gasteiger partial charge in [-0.05, 0) is 44.6 Å². The molecule has 4 amide bonds. The number of hydrogen-bond donors (Lipinski definition) is 3. The van der Waals surface area contributed by atoms with Crippen LogP contribution in [0.2, 0.25) is 0 Å². The van der Waals surface area contributed by atoms with Gasteiger partial charge in [-0.1, -0.05) is 44.9 Å². The van der Waals surface area contributed by atoms with Crippen LogP contribution in [0.25, 0.3) is 10.9 Å². The first kappa shape index (κ1) is 31.1. The smallest absolute Gasteiger partial charge is 0.247 e. The van der Waals surface area contributed by atoms with Crippen molar-refractivity contribution in [1.82, 2.24) is 25.6 Å². The van der Waals surface area contributed by atoms with Gasteiger partial charge < -0.3 is 25.7 Å². The SMILES string of the molecule is CCC(=O)CCCCC[C@@H]1NC(=O)C(c2cn(OC)c3ccccc23)NC(=O)C(CC)NC(=O)[C@@H]2CCCCN2C1=O. The van der Waals surface area contributed by atoms with Crippen LogP contribution in [0.4, 0.5) is 0 Å². The monoisotopic (exact) mass is 581 g/mol. The van der Waals surface area contributed by atoms with Gasteiger partial charge in [-0.3, -0.25) is 24.0 Å². The summed E-state index contributed by atoms with van der Waals surface area (Å²) in [5.41, 5.74) is 1.23. The summed E-state index contributed by atoms with van der Waals surface area (Å²) in [5.74, 6) is -1.46. The molecule has 0 bridgehead atoms. The van der Waals surface area contributed by atoms with Crippen LogP contribution in [0.1, 0.15) is 89.7 Å². The lowest BCUT2D eigenvalue weighted by molar-refractivity contribution is -0.147. The number of unbranched alkanes of at least 4 members (excludes halogenated alkanes) is 2. The van der Waals surface area contributed by atoms with Crippen LogP contribution in [0.15, 0.2) is 30.5 Å². The second-order valence-corrected chi connectivity index (χ2v) is 11.1. The minimum absolute atomic E-state index is 0.201. The van der Waals surface area contributed by atoms with E-state index in [9.17, 15) is 24.0 Å². The Kier molecular flexibility index (Phi) is 10.6. The van der Waals surface area contributed by atoms with Gasteiger partial charge in [0, 0.05) is 30.3 Å². The molecule has 228 valence electrons. The van der Waals surface area contributed by atoms with E-state index >= 15 is 0 Å². The summed E-state index contributed by atoms with van der Waals surface area (Å²) in [5, 5.41) is 9.36. The van der Waals surface area contributed by atoms with Crippen molar-refractivity contribution in [3.8, 4) is 0 Å². The van der Waals surface area contributed by atoms with E-state index in [-0.39, 0.29) is 17.6 Å². The van der Waals surface area contributed by atoms with E-state index in [1.165, 1.54) is 11.8 Å². The first-order valence-electron chi connectivity index (χ1n) is 15.2. The van der Waals surface area contributed by atoms with Gasteiger partial charge in [0.2, 0.25) is 23.6 Å². The fourth-order valence-corrected chi connectivity index (χ4v) is 5.91. The number of carbonyl (C=O) groups excluding carboxylic acids is 5. The Hall–Kier alpha value is -3.89. The first-order valence-corrected chi connectivity index (χ1v) is 15.2. The number of para-hydroxylation sites is 1. The summed E-state index contributed by atoms with van der Waals surface area (Å²) in [7, 11) is 1.51. The molecule has 4 rings (SSSR count). The zero-order valence-electron chi connectivity index (χ0n) is 24.8. The van der Waals surface area contributed by atoms with Gasteiger partial charge in [-0.2, -0.15) is 4.73 Å². The van der Waals surface area contributed by atoms with Crippen LogP contribution in [0.3, 0.4) is 0 Å². The molecule has 2 unspecified atom stereocenters. The summed E-state index contributed by atoms with van der Waals surface area (Å²) >= 11 is 0. The molecule has 3 N–H and O–H groups in total. The van der Waals surface area contributed by atoms with Gasteiger partial charge in [-0.25, -0.2) is 0 Å². The summed E-state index contributed by atoms with van der Waals surface area (Å²) in [6.07, 6.45) is 7.42. The second kappa shape index (κ2) is 14.3. The maximum Gasteiger partial charge on any atom is 0.247 e. The van der Waals surface area contributed by atoms with Crippen LogP contribution >= 0.6 is 0 Å². The number of amides is 4. The number of hydrogen-bond acceptors (Lipinski definition) is 6. The fourth-order valence-electron chi connectivity index (χ4n) is 5.91. The van der Waals surface area contributed by atoms with Crippen molar-refractivity contribution in [2.24, 2.45) is 0 Å². The largest absolute Gasteiger partial charge is 0.417 e. The highest BCUT2D eigenvalue weighted by Gasteiger charge is 2.39. The van der Waals surface area contributed by atoms with Crippen molar-refractivity contribution in [3.05, 3.63) is 36.0 Å². The molecule has 3 heterocycles. The summed E-state index contributed by atoms with van der Waals surface area (Å²) < 4.78 is 1.53. The predicted octanol–water partition coefficient (Wildman–Crippen LogP) is 2.56. The quantitative estimate of drug-likeness (QED) is 0.369. The Labute approximate surface area is 246 Å². The molecule has 0 aliphatic carbocycles. The molecule has 1 aromatic heterocycles. The Morgan fingerprint density at radius 3 is 2.43 bits per heavy atom. The minimum atomic E-state index is -1.14. The van der Waals surface area contributed by atoms with Gasteiger partial charge in [0.15, 0.2) is 0 Å². The highest BCUT2D eigenvalue weighted by Crippen LogP contribution is 2.28. The Morgan fingerprint density at radius 2 is 1.69 bits per heavy atom. The Morgan fingerprint density at radius 1 is 0.929 bits per heavy atom. The normalized spacial score (nSPS) is 23.7. The average Bonchev–Trinajstić information content (AvgIpc) is 3.38. The highest BCUT2D eigenvalue weighted by molar-refractivity contribution is 6.00. The Balaban J connectivity index is 1.69. The van der Waals surface area contributed by atoms with Gasteiger partial charge in [0.05, 0.1) is 11.7 Å². The lowest BCUT2D eigenvalue weighted by Gasteiger charge is -2.38. The maximum atomic E-state index is 14.0. The zero-order valence-corrected chi connectivity index (χ0v) is 24.8. The average molecular weight is 582 g/mol. The first-order chi connectivity index (χ1) is 20.3. The number of benzene rings is 1. The number of carbonyl (C=O) groups is 5.